The zero-order valence-electron chi connectivity index (χ0n) is 17.4. The van der Waals surface area contributed by atoms with Crippen LogP contribution >= 0.6 is 0 Å². The number of nitrogens with two attached hydrogens (primary N) is 1. The number of amides is 1. The van der Waals surface area contributed by atoms with Crippen molar-refractivity contribution in [1.82, 2.24) is 20.5 Å². The maximum atomic E-state index is 13.4. The van der Waals surface area contributed by atoms with Crippen LogP contribution in [0.15, 0.2) is 52.6 Å². The van der Waals surface area contributed by atoms with E-state index in [-0.39, 0.29) is 24.3 Å². The molecule has 0 spiro atoms. The van der Waals surface area contributed by atoms with Crippen LogP contribution in [0.25, 0.3) is 11.3 Å². The van der Waals surface area contributed by atoms with Crippen molar-refractivity contribution in [3.05, 3.63) is 58.5 Å². The van der Waals surface area contributed by atoms with Gasteiger partial charge in [-0.2, -0.15) is 4.72 Å². The van der Waals surface area contributed by atoms with E-state index in [2.05, 4.69) is 25.3 Å². The van der Waals surface area contributed by atoms with Crippen LogP contribution in [-0.4, -0.2) is 48.1 Å². The first-order valence-electron chi connectivity index (χ1n) is 9.42. The molecule has 0 saturated heterocycles. The van der Waals surface area contributed by atoms with Gasteiger partial charge in [-0.15, -0.1) is 0 Å². The third kappa shape index (κ3) is 7.22. The van der Waals surface area contributed by atoms with Gasteiger partial charge in [0.25, 0.3) is 11.9 Å². The van der Waals surface area contributed by atoms with E-state index in [4.69, 9.17) is 7.16 Å². The number of sulfonamides is 1. The van der Waals surface area contributed by atoms with Gasteiger partial charge in [0, 0.05) is 18.3 Å². The topological polar surface area (TPSA) is 202 Å². The number of halogens is 1. The maximum absolute atomic E-state index is 13.4. The molecule has 1 aromatic heterocycles. The Morgan fingerprint density at radius 3 is 2.81 bits per heavy atom. The minimum Gasteiger partial charge on any atom is -0.365 e. The Morgan fingerprint density at radius 2 is 2.19 bits per heavy atom. The minimum atomic E-state index is -4.22. The van der Waals surface area contributed by atoms with Crippen LogP contribution in [0, 0.1) is 15.9 Å². The summed E-state index contributed by atoms with van der Waals surface area (Å²) in [5.74, 6) is -1.87. The standard InChI is InChI=1S/C17H20FN7O6S/c18-12-4-1-3-11(9-12)14-7-6-13(10-21-14)32(30,31)24-15(16(26)23-27)5-2-8-20-17(19)22-25(28)29/h1,3-4,6-7,9-10,15,24,27H,2,5,8H2,(H,23,26)(H3,19,20,22)/t15-/m0/s1/i/hD. The van der Waals surface area contributed by atoms with E-state index in [9.17, 15) is 27.7 Å². The normalized spacial score (nSPS) is 13.2. The number of carbonyl (C=O) groups excluding carboxylic acids is 1. The number of aromatic nitrogens is 1. The number of carbonyl (C=O) groups is 1. The number of hydrazone groups is 1. The largest absolute Gasteiger partial charge is 0.365 e. The van der Waals surface area contributed by atoms with Crippen LogP contribution in [0.1, 0.15) is 12.8 Å². The fraction of sp³-hybridized carbons (Fsp3) is 0.235. The van der Waals surface area contributed by atoms with Crippen LogP contribution in [0.2, 0.25) is 1.43 Å². The van der Waals surface area contributed by atoms with Gasteiger partial charge in [0.05, 0.1) is 5.69 Å². The summed E-state index contributed by atoms with van der Waals surface area (Å²) in [4.78, 5) is 26.1. The monoisotopic (exact) mass is 470 g/mol. The predicted molar refractivity (Wildman–Crippen MR) is 110 cm³/mol. The second kappa shape index (κ2) is 11.1. The van der Waals surface area contributed by atoms with Crippen molar-refractivity contribution in [2.75, 3.05) is 6.54 Å². The van der Waals surface area contributed by atoms with Gasteiger partial charge in [0.15, 0.2) is 5.03 Å². The summed E-state index contributed by atoms with van der Waals surface area (Å²) in [5.41, 5.74) is 7.78. The highest BCUT2D eigenvalue weighted by Gasteiger charge is 2.25. The fourth-order valence-corrected chi connectivity index (χ4v) is 3.75. The Kier molecular flexibility index (Phi) is 7.96. The van der Waals surface area contributed by atoms with Crippen molar-refractivity contribution in [3.8, 4) is 11.3 Å². The van der Waals surface area contributed by atoms with Crippen molar-refractivity contribution in [2.24, 2.45) is 10.8 Å². The molecule has 1 heterocycles. The molecule has 15 heteroatoms. The number of hydrogen-bond acceptors (Lipinski definition) is 7. The molecule has 0 unspecified atom stereocenters. The van der Waals surface area contributed by atoms with Gasteiger partial charge in [0.2, 0.25) is 11.5 Å². The van der Waals surface area contributed by atoms with E-state index < -0.39 is 38.8 Å². The average Bonchev–Trinajstić information content (AvgIpc) is 2.75. The van der Waals surface area contributed by atoms with Gasteiger partial charge in [-0.05, 0) is 37.1 Å². The summed E-state index contributed by atoms with van der Waals surface area (Å²) >= 11 is 0. The smallest absolute Gasteiger partial charge is 0.266 e. The zero-order chi connectivity index (χ0) is 24.4. The lowest BCUT2D eigenvalue weighted by molar-refractivity contribution is -0.485. The van der Waals surface area contributed by atoms with Crippen molar-refractivity contribution >= 4 is 21.9 Å². The molecule has 13 nitrogen and oxygen atoms in total. The highest BCUT2D eigenvalue weighted by molar-refractivity contribution is 7.89. The third-order valence-electron chi connectivity index (χ3n) is 4.05. The molecule has 32 heavy (non-hydrogen) atoms. The average molecular weight is 470 g/mol. The van der Waals surface area contributed by atoms with Crippen LogP contribution in [0.4, 0.5) is 4.39 Å². The Bertz CT molecular complexity index is 1120. The van der Waals surface area contributed by atoms with E-state index in [1.54, 1.807) is 11.5 Å². The summed E-state index contributed by atoms with van der Waals surface area (Å²) in [6.45, 7) is 0.0420. The third-order valence-corrected chi connectivity index (χ3v) is 5.50. The lowest BCUT2D eigenvalue weighted by Crippen LogP contribution is -2.46. The van der Waals surface area contributed by atoms with Gasteiger partial charge in [-0.1, -0.05) is 12.1 Å². The molecule has 6 N–H and O–H groups in total. The number of hydroxylamine groups is 1. The molecule has 172 valence electrons. The van der Waals surface area contributed by atoms with Gasteiger partial charge >= 0.3 is 0 Å². The Hall–Kier alpha value is -3.69. The van der Waals surface area contributed by atoms with E-state index >= 15 is 0 Å². The molecule has 1 atom stereocenters. The molecule has 1 aromatic carbocycles. The van der Waals surface area contributed by atoms with E-state index in [0.29, 0.717) is 11.3 Å². The molecule has 0 aliphatic carbocycles. The molecule has 2 aromatic rings. The van der Waals surface area contributed by atoms with Gasteiger partial charge in [-0.25, -0.2) is 28.4 Å². The fourth-order valence-electron chi connectivity index (χ4n) is 2.57. The highest BCUT2D eigenvalue weighted by Crippen LogP contribution is 2.19. The number of hydrogen-bond donors (Lipinski definition) is 5. The van der Waals surface area contributed by atoms with Gasteiger partial charge in [-0.3, -0.25) is 15.0 Å². The van der Waals surface area contributed by atoms with E-state index in [0.717, 1.165) is 6.20 Å². The summed E-state index contributed by atoms with van der Waals surface area (Å²) in [6, 6.07) is 6.87. The lowest BCUT2D eigenvalue weighted by Gasteiger charge is -2.17. The molecule has 0 bridgehead atoms. The lowest BCUT2D eigenvalue weighted by atomic mass is 10.1. The molecule has 2 rings (SSSR count). The molecule has 0 radical (unpaired) electrons. The highest BCUT2D eigenvalue weighted by atomic mass is 32.2. The number of benzene rings is 1. The number of rotatable bonds is 11. The molecular weight excluding hydrogens is 449 g/mol. The Labute approximate surface area is 183 Å². The van der Waals surface area contributed by atoms with Crippen molar-refractivity contribution in [2.45, 2.75) is 23.8 Å². The summed E-state index contributed by atoms with van der Waals surface area (Å²) < 4.78 is 47.6. The van der Waals surface area contributed by atoms with Crippen LogP contribution < -0.4 is 21.3 Å². The van der Waals surface area contributed by atoms with Crippen LogP contribution in [0.3, 0.4) is 0 Å². The molecule has 0 saturated carbocycles. The van der Waals surface area contributed by atoms with Crippen molar-refractivity contribution in [1.29, 1.82) is 0 Å². The first-order chi connectivity index (χ1) is 15.6. The van der Waals surface area contributed by atoms with Gasteiger partial charge in [0.1, 0.15) is 21.9 Å². The maximum Gasteiger partial charge on any atom is 0.266 e. The quantitative estimate of drug-likeness (QED) is 0.0743. The first kappa shape index (κ1) is 23.0. The molecule has 0 aliphatic heterocycles. The molecule has 0 aliphatic rings. The number of nitrogens with zero attached hydrogens (tertiary/aromatic N) is 3. The minimum absolute atomic E-state index is 0.0420. The zero-order valence-corrected chi connectivity index (χ0v) is 17.2. The molecule has 0 fully saturated rings. The SMILES string of the molecule is [2H]ONC(=O)[C@H](CCCN/C(N)=N\[N+](=O)[O-])NS(=O)(=O)c1ccc(-c2cccc(F)c2)nc1. The van der Waals surface area contributed by atoms with E-state index in [1.807, 2.05) is 0 Å². The second-order valence-corrected chi connectivity index (χ2v) is 8.04. The number of pyridine rings is 1. The summed E-state index contributed by atoms with van der Waals surface area (Å²) in [5, 5.41) is 18.3. The molecule has 1 amide bonds. The van der Waals surface area contributed by atoms with E-state index in [1.165, 1.54) is 30.3 Å². The summed E-state index contributed by atoms with van der Waals surface area (Å²) in [6.07, 6.45) is 1.11. The van der Waals surface area contributed by atoms with Crippen molar-refractivity contribution in [3.63, 3.8) is 0 Å². The number of nitro groups is 1. The van der Waals surface area contributed by atoms with Gasteiger partial charge < -0.3 is 11.1 Å². The first-order valence-corrected chi connectivity index (χ1v) is 10.5. The van der Waals surface area contributed by atoms with Crippen LogP contribution in [0.5, 0.6) is 0 Å². The number of guanidine groups is 1. The number of nitrogens with one attached hydrogen (secondary N) is 3. The second-order valence-electron chi connectivity index (χ2n) is 6.32. The van der Waals surface area contributed by atoms with Crippen LogP contribution in [-0.2, 0) is 14.8 Å². The Balaban J connectivity index is 2.09. The Morgan fingerprint density at radius 1 is 1.41 bits per heavy atom. The van der Waals surface area contributed by atoms with Crippen molar-refractivity contribution < 1.29 is 29.3 Å². The predicted octanol–water partition coefficient (Wildman–Crippen LogP) is -0.0838. The molecular formula is C17H20FN7O6S. The summed E-state index contributed by atoms with van der Waals surface area (Å²) in [7, 11) is -4.22.